The highest BCUT2D eigenvalue weighted by Gasteiger charge is 2.20. The highest BCUT2D eigenvalue weighted by atomic mass is 16.5. The number of hydrogen-bond donors (Lipinski definition) is 1. The molecule has 0 aliphatic carbocycles. The second kappa shape index (κ2) is 11.8. The van der Waals surface area contributed by atoms with E-state index < -0.39 is 0 Å². The second-order valence-electron chi connectivity index (χ2n) is 9.55. The fourth-order valence-corrected chi connectivity index (χ4v) is 4.60. The van der Waals surface area contributed by atoms with E-state index in [0.717, 1.165) is 63.0 Å². The summed E-state index contributed by atoms with van der Waals surface area (Å²) < 4.78 is 5.49. The van der Waals surface area contributed by atoms with Gasteiger partial charge in [0.15, 0.2) is 0 Å². The third-order valence-corrected chi connectivity index (χ3v) is 6.61. The van der Waals surface area contributed by atoms with E-state index in [4.69, 9.17) is 9.72 Å². The molecule has 1 N–H and O–H groups in total. The molecule has 0 bridgehead atoms. The monoisotopic (exact) mass is 499 g/mol. The molecule has 0 unspecified atom stereocenters. The van der Waals surface area contributed by atoms with Crippen molar-refractivity contribution in [3.63, 3.8) is 0 Å². The van der Waals surface area contributed by atoms with Gasteiger partial charge >= 0.3 is 5.97 Å². The van der Waals surface area contributed by atoms with Crippen LogP contribution in [0.3, 0.4) is 0 Å². The number of benzene rings is 2. The van der Waals surface area contributed by atoms with Crippen molar-refractivity contribution in [3.05, 3.63) is 65.2 Å². The van der Waals surface area contributed by atoms with E-state index in [1.165, 1.54) is 12.8 Å². The van der Waals surface area contributed by atoms with E-state index in [1.54, 1.807) is 24.4 Å². The molecule has 2 aliphatic rings. The predicted molar refractivity (Wildman–Crippen MR) is 146 cm³/mol. The van der Waals surface area contributed by atoms with Crippen LogP contribution in [0.2, 0.25) is 0 Å². The summed E-state index contributed by atoms with van der Waals surface area (Å²) in [5.74, 6) is 1.97. The van der Waals surface area contributed by atoms with Crippen LogP contribution in [0.1, 0.15) is 60.0 Å². The summed E-state index contributed by atoms with van der Waals surface area (Å²) in [7, 11) is 0. The molecule has 9 nitrogen and oxygen atoms in total. The van der Waals surface area contributed by atoms with Crippen LogP contribution in [0, 0.1) is 6.92 Å². The van der Waals surface area contributed by atoms with Gasteiger partial charge in [-0.05, 0) is 87.4 Å². The number of hydrazone groups is 1. The van der Waals surface area contributed by atoms with Gasteiger partial charge in [0.2, 0.25) is 17.8 Å². The molecule has 192 valence electrons. The topological polar surface area (TPSA) is 95.8 Å². The van der Waals surface area contributed by atoms with E-state index in [9.17, 15) is 4.79 Å². The zero-order chi connectivity index (χ0) is 25.5. The number of rotatable bonds is 7. The summed E-state index contributed by atoms with van der Waals surface area (Å²) in [6.45, 7) is 5.80. The molecule has 2 aliphatic heterocycles. The minimum absolute atomic E-state index is 0.379. The van der Waals surface area contributed by atoms with Crippen LogP contribution in [0.4, 0.5) is 17.8 Å². The van der Waals surface area contributed by atoms with Crippen molar-refractivity contribution in [2.45, 2.75) is 45.4 Å². The molecule has 1 aromatic heterocycles. The first-order valence-corrected chi connectivity index (χ1v) is 13.1. The largest absolute Gasteiger partial charge is 0.423 e. The van der Waals surface area contributed by atoms with E-state index in [1.807, 2.05) is 37.3 Å². The average Bonchev–Trinajstić information content (AvgIpc) is 2.95. The van der Waals surface area contributed by atoms with Crippen molar-refractivity contribution >= 4 is 30.0 Å². The molecule has 3 aromatic rings. The lowest BCUT2D eigenvalue weighted by atomic mass is 10.1. The highest BCUT2D eigenvalue weighted by Crippen LogP contribution is 2.22. The van der Waals surface area contributed by atoms with Crippen LogP contribution in [0.5, 0.6) is 5.75 Å². The molecule has 0 saturated carbocycles. The molecule has 0 radical (unpaired) electrons. The molecule has 5 rings (SSSR count). The lowest BCUT2D eigenvalue weighted by Gasteiger charge is -2.30. The number of esters is 1. The Labute approximate surface area is 217 Å². The van der Waals surface area contributed by atoms with E-state index in [0.29, 0.717) is 29.2 Å². The third-order valence-electron chi connectivity index (χ3n) is 6.61. The molecular weight excluding hydrogens is 466 g/mol. The van der Waals surface area contributed by atoms with E-state index >= 15 is 0 Å². The molecule has 0 spiro atoms. The Kier molecular flexibility index (Phi) is 7.88. The predicted octanol–water partition coefficient (Wildman–Crippen LogP) is 4.83. The summed E-state index contributed by atoms with van der Waals surface area (Å²) in [6, 6.07) is 14.5. The van der Waals surface area contributed by atoms with Gasteiger partial charge in [-0.3, -0.25) is 0 Å². The molecule has 2 aromatic carbocycles. The quantitative estimate of drug-likeness (QED) is 0.214. The lowest BCUT2D eigenvalue weighted by molar-refractivity contribution is 0.0734. The zero-order valence-electron chi connectivity index (χ0n) is 21.3. The number of carbonyl (C=O) groups is 1. The van der Waals surface area contributed by atoms with E-state index in [-0.39, 0.29) is 5.97 Å². The average molecular weight is 500 g/mol. The fourth-order valence-electron chi connectivity index (χ4n) is 4.60. The van der Waals surface area contributed by atoms with Gasteiger partial charge in [-0.15, -0.1) is 0 Å². The van der Waals surface area contributed by atoms with Gasteiger partial charge in [0.05, 0.1) is 11.8 Å². The van der Waals surface area contributed by atoms with Gasteiger partial charge in [-0.2, -0.15) is 20.1 Å². The van der Waals surface area contributed by atoms with Crippen molar-refractivity contribution in [2.24, 2.45) is 5.10 Å². The minimum Gasteiger partial charge on any atom is -0.423 e. The van der Waals surface area contributed by atoms with Gasteiger partial charge in [-0.1, -0.05) is 17.7 Å². The Morgan fingerprint density at radius 2 is 1.49 bits per heavy atom. The first-order valence-electron chi connectivity index (χ1n) is 13.1. The number of hydrogen-bond acceptors (Lipinski definition) is 9. The maximum absolute atomic E-state index is 12.4. The maximum atomic E-state index is 12.4. The zero-order valence-corrected chi connectivity index (χ0v) is 21.3. The summed E-state index contributed by atoms with van der Waals surface area (Å²) >= 11 is 0. The van der Waals surface area contributed by atoms with E-state index in [2.05, 4.69) is 30.3 Å². The van der Waals surface area contributed by atoms with Crippen molar-refractivity contribution in [3.8, 4) is 5.75 Å². The van der Waals surface area contributed by atoms with Gasteiger partial charge in [0.1, 0.15) is 5.75 Å². The summed E-state index contributed by atoms with van der Waals surface area (Å²) in [5.41, 5.74) is 5.39. The summed E-state index contributed by atoms with van der Waals surface area (Å²) in [5, 5.41) is 4.36. The van der Waals surface area contributed by atoms with Crippen molar-refractivity contribution in [2.75, 3.05) is 41.4 Å². The fraction of sp³-hybridized carbons (Fsp3) is 0.393. The van der Waals surface area contributed by atoms with Gasteiger partial charge in [0.25, 0.3) is 0 Å². The smallest absolute Gasteiger partial charge is 0.343 e. The second-order valence-corrected chi connectivity index (χ2v) is 9.55. The van der Waals surface area contributed by atoms with Crippen LogP contribution in [-0.4, -0.2) is 53.3 Å². The Balaban J connectivity index is 1.25. The normalized spacial score (nSPS) is 16.1. The molecule has 2 fully saturated rings. The Bertz CT molecular complexity index is 1200. The van der Waals surface area contributed by atoms with Crippen LogP contribution < -0.4 is 20.0 Å². The Hall–Kier alpha value is -4.01. The molecule has 0 atom stereocenters. The molecular formula is C28H33N7O2. The number of anilines is 3. The lowest BCUT2D eigenvalue weighted by Crippen LogP contribution is -2.34. The number of aromatic nitrogens is 3. The number of ether oxygens (including phenoxy) is 1. The highest BCUT2D eigenvalue weighted by molar-refractivity contribution is 5.91. The maximum Gasteiger partial charge on any atom is 0.343 e. The Morgan fingerprint density at radius 1 is 0.865 bits per heavy atom. The molecule has 3 heterocycles. The van der Waals surface area contributed by atoms with Gasteiger partial charge in [-0.25, -0.2) is 10.2 Å². The van der Waals surface area contributed by atoms with Crippen LogP contribution in [0.15, 0.2) is 53.6 Å². The summed E-state index contributed by atoms with van der Waals surface area (Å²) in [6.07, 6.45) is 8.81. The van der Waals surface area contributed by atoms with Crippen LogP contribution in [-0.2, 0) is 0 Å². The Morgan fingerprint density at radius 3 is 2.08 bits per heavy atom. The number of nitrogens with zero attached hydrogens (tertiary/aromatic N) is 6. The molecule has 0 amide bonds. The molecule has 2 saturated heterocycles. The number of piperidine rings is 2. The molecule has 9 heteroatoms. The minimum atomic E-state index is -0.379. The number of carbonyl (C=O) groups excluding carboxylic acids is 1. The SMILES string of the molecule is Cc1cccc(C(=O)Oc2ccc(/C=N\Nc3nc(N4CCCCC4)nc(N4CCCCC4)n3)cc2)c1. The number of aryl methyl sites for hydroxylation is 1. The van der Waals surface area contributed by atoms with Crippen molar-refractivity contribution < 1.29 is 9.53 Å². The number of nitrogens with one attached hydrogen (secondary N) is 1. The van der Waals surface area contributed by atoms with Crippen LogP contribution >= 0.6 is 0 Å². The standard InChI is InChI=1S/C28H33N7O2/c1-21-9-8-10-23(19-21)25(36)37-24-13-11-22(12-14-24)20-29-33-26-30-27(34-15-4-2-5-16-34)32-28(31-26)35-17-6-3-7-18-35/h8-14,19-20H,2-7,15-18H2,1H3,(H,30,31,32,33)/b29-20-. The molecule has 37 heavy (non-hydrogen) atoms. The van der Waals surface area contributed by atoms with Gasteiger partial charge < -0.3 is 14.5 Å². The van der Waals surface area contributed by atoms with Crippen molar-refractivity contribution in [1.29, 1.82) is 0 Å². The van der Waals surface area contributed by atoms with Crippen molar-refractivity contribution in [1.82, 2.24) is 15.0 Å². The first-order chi connectivity index (χ1) is 18.1. The van der Waals surface area contributed by atoms with Gasteiger partial charge in [0, 0.05) is 26.2 Å². The first kappa shape index (κ1) is 24.7. The van der Waals surface area contributed by atoms with Crippen LogP contribution in [0.25, 0.3) is 0 Å². The summed E-state index contributed by atoms with van der Waals surface area (Å²) in [4.78, 5) is 31.0. The third kappa shape index (κ3) is 6.61.